The Balaban J connectivity index is 1.05. The van der Waals surface area contributed by atoms with Crippen molar-refractivity contribution < 1.29 is 47.0 Å². The second-order valence-electron chi connectivity index (χ2n) is 13.6. The number of hydrogen-bond acceptors (Lipinski definition) is 7. The molecule has 1 aromatic heterocycles. The first kappa shape index (κ1) is 32.6. The maximum atomic E-state index is 14.3. The lowest BCUT2D eigenvalue weighted by Crippen LogP contribution is -2.63. The number of nitrogens with zero attached hydrogens (tertiary/aromatic N) is 3. The summed E-state index contributed by atoms with van der Waals surface area (Å²) in [5.41, 5.74) is -5.24. The molecule has 2 aromatic rings. The maximum Gasteiger partial charge on any atom is 0.399 e. The van der Waals surface area contributed by atoms with Gasteiger partial charge in [-0.2, -0.15) is 8.78 Å². The van der Waals surface area contributed by atoms with Gasteiger partial charge in [0.25, 0.3) is 5.91 Å². The van der Waals surface area contributed by atoms with Crippen LogP contribution in [-0.4, -0.2) is 105 Å². The molecule has 5 heterocycles. The number of fused-ring (bicyclic) bond motifs is 3. The Labute approximate surface area is 273 Å². The Hall–Kier alpha value is -2.97. The molecular weight excluding hydrogens is 657 g/mol. The van der Waals surface area contributed by atoms with Gasteiger partial charge < -0.3 is 34.5 Å². The molecule has 4 saturated heterocycles. The molecule has 5 aliphatic rings. The normalized spacial score (nSPS) is 29.9. The van der Waals surface area contributed by atoms with Crippen LogP contribution in [0.5, 0.6) is 0 Å². The molecule has 4 aliphatic heterocycles. The molecular formula is C31H37F2N4O8PS. The fourth-order valence-electron chi connectivity index (χ4n) is 7.69. The number of hydrogen-bond donors (Lipinski definition) is 3. The molecule has 6 atom stereocenters. The lowest BCUT2D eigenvalue weighted by Gasteiger charge is -2.45. The molecule has 0 spiro atoms. The average Bonchev–Trinajstić information content (AvgIpc) is 3.36. The molecule has 12 nitrogen and oxygen atoms in total. The zero-order valence-electron chi connectivity index (χ0n) is 25.7. The lowest BCUT2D eigenvalue weighted by atomic mass is 9.95. The smallest absolute Gasteiger partial charge is 0.377 e. The number of benzene rings is 1. The highest BCUT2D eigenvalue weighted by molar-refractivity contribution is 7.52. The summed E-state index contributed by atoms with van der Waals surface area (Å²) in [6, 6.07) is 2.86. The predicted octanol–water partition coefficient (Wildman–Crippen LogP) is 2.72. The van der Waals surface area contributed by atoms with E-state index < -0.39 is 36.8 Å². The predicted molar refractivity (Wildman–Crippen MR) is 166 cm³/mol. The largest absolute Gasteiger partial charge is 0.399 e. The van der Waals surface area contributed by atoms with E-state index >= 15 is 0 Å². The number of halogens is 2. The third-order valence-corrected chi connectivity index (χ3v) is 12.6. The van der Waals surface area contributed by atoms with E-state index in [4.69, 9.17) is 14.5 Å². The van der Waals surface area contributed by atoms with Crippen LogP contribution in [-0.2, 0) is 29.3 Å². The number of likely N-dealkylation sites (tertiary alicyclic amines) is 1. The zero-order valence-corrected chi connectivity index (χ0v) is 27.4. The fourth-order valence-corrected chi connectivity index (χ4v) is 9.11. The number of ether oxygens (including phenoxy) is 1. The van der Waals surface area contributed by atoms with Gasteiger partial charge in [-0.3, -0.25) is 23.7 Å². The van der Waals surface area contributed by atoms with E-state index in [-0.39, 0.29) is 51.9 Å². The van der Waals surface area contributed by atoms with Gasteiger partial charge in [-0.25, -0.2) is 0 Å². The van der Waals surface area contributed by atoms with Crippen LogP contribution < -0.4 is 5.32 Å². The SMILES string of the molecule is C[C@H]1COCCN1C(=O)C1CN(C(=O)[C@@H]2CC[C@@H]3C[C@H]4C[C@H]4C[C@H](NC(=O)c4cc5cc(C(F)(F)P(=O)(O)O)ccc5s4)C(=O)N32)C1. The van der Waals surface area contributed by atoms with E-state index in [1.54, 1.807) is 9.80 Å². The van der Waals surface area contributed by atoms with Crippen LogP contribution in [0.1, 0.15) is 54.3 Å². The Morgan fingerprint density at radius 3 is 2.53 bits per heavy atom. The zero-order chi connectivity index (χ0) is 33.4. The van der Waals surface area contributed by atoms with Crippen molar-refractivity contribution in [3.8, 4) is 0 Å². The van der Waals surface area contributed by atoms with Gasteiger partial charge in [-0.1, -0.05) is 6.07 Å². The number of morpholine rings is 1. The fraction of sp³-hybridized carbons (Fsp3) is 0.613. The van der Waals surface area contributed by atoms with E-state index in [9.17, 15) is 32.5 Å². The summed E-state index contributed by atoms with van der Waals surface area (Å²) >= 11 is 1.02. The van der Waals surface area contributed by atoms with Crippen molar-refractivity contribution in [2.75, 3.05) is 32.8 Å². The van der Waals surface area contributed by atoms with Crippen LogP contribution >= 0.6 is 18.9 Å². The molecule has 16 heteroatoms. The van der Waals surface area contributed by atoms with Gasteiger partial charge in [0.05, 0.1) is 30.1 Å². The van der Waals surface area contributed by atoms with Crippen molar-refractivity contribution in [1.29, 1.82) is 0 Å². The van der Waals surface area contributed by atoms with Crippen LogP contribution in [0.3, 0.4) is 0 Å². The van der Waals surface area contributed by atoms with Gasteiger partial charge in [-0.05, 0) is 74.4 Å². The summed E-state index contributed by atoms with van der Waals surface area (Å²) in [5.74, 6) is -0.624. The Bertz CT molecular complexity index is 1680. The standard InChI is InChI=1S/C31H37F2N4O8PS/c1-16-15-45-7-6-36(16)28(39)20-13-35(14-20)30(41)24-4-3-22-10-17-8-18(17)11-23(29(40)37(22)24)34-27(38)26-12-19-9-21(2-5-25(19)47-26)31(32,33)46(42,43)44/h2,5,9,12,16-18,20,22-24H,3-4,6-8,10-11,13-15H2,1H3,(H,34,38)(H2,42,43,44)/t16-,17+,18-,22+,23-,24-/m0/s1. The highest BCUT2D eigenvalue weighted by Crippen LogP contribution is 2.59. The van der Waals surface area contributed by atoms with Crippen LogP contribution in [0, 0.1) is 17.8 Å². The lowest BCUT2D eigenvalue weighted by molar-refractivity contribution is -0.158. The summed E-state index contributed by atoms with van der Waals surface area (Å²) < 4.78 is 45.9. The van der Waals surface area contributed by atoms with E-state index in [1.807, 2.05) is 11.8 Å². The molecule has 1 aromatic carbocycles. The van der Waals surface area contributed by atoms with E-state index in [2.05, 4.69) is 5.32 Å². The summed E-state index contributed by atoms with van der Waals surface area (Å²) in [4.78, 5) is 77.9. The Morgan fingerprint density at radius 2 is 1.81 bits per heavy atom. The van der Waals surface area contributed by atoms with Crippen molar-refractivity contribution >= 4 is 52.6 Å². The quantitative estimate of drug-likeness (QED) is 0.390. The van der Waals surface area contributed by atoms with Crippen LogP contribution in [0.2, 0.25) is 0 Å². The number of carbonyl (C=O) groups is 4. The van der Waals surface area contributed by atoms with Gasteiger partial charge in [0.2, 0.25) is 17.7 Å². The van der Waals surface area contributed by atoms with E-state index in [0.717, 1.165) is 36.3 Å². The molecule has 0 unspecified atom stereocenters. The first-order valence-corrected chi connectivity index (χ1v) is 18.4. The molecule has 0 radical (unpaired) electrons. The molecule has 47 heavy (non-hydrogen) atoms. The Kier molecular flexibility index (Phi) is 8.22. The van der Waals surface area contributed by atoms with Crippen LogP contribution in [0.15, 0.2) is 24.3 Å². The molecule has 1 saturated carbocycles. The molecule has 7 rings (SSSR count). The van der Waals surface area contributed by atoms with Crippen molar-refractivity contribution in [1.82, 2.24) is 20.0 Å². The monoisotopic (exact) mass is 694 g/mol. The second-order valence-corrected chi connectivity index (χ2v) is 16.3. The molecule has 5 fully saturated rings. The molecule has 4 amide bonds. The van der Waals surface area contributed by atoms with E-state index in [1.165, 1.54) is 12.1 Å². The number of amides is 4. The molecule has 254 valence electrons. The van der Waals surface area contributed by atoms with Crippen molar-refractivity contribution in [3.05, 3.63) is 34.7 Å². The third kappa shape index (κ3) is 5.88. The number of thiophene rings is 1. The van der Waals surface area contributed by atoms with Gasteiger partial charge in [-0.15, -0.1) is 11.3 Å². The van der Waals surface area contributed by atoms with Crippen molar-refractivity contribution in [3.63, 3.8) is 0 Å². The minimum atomic E-state index is -5.76. The molecule has 0 bridgehead atoms. The summed E-state index contributed by atoms with van der Waals surface area (Å²) in [7, 11) is -5.76. The van der Waals surface area contributed by atoms with E-state index in [0.29, 0.717) is 62.7 Å². The summed E-state index contributed by atoms with van der Waals surface area (Å²) in [6.07, 6.45) is 3.39. The molecule has 1 aliphatic carbocycles. The van der Waals surface area contributed by atoms with Gasteiger partial charge in [0.15, 0.2) is 0 Å². The van der Waals surface area contributed by atoms with Gasteiger partial charge in [0.1, 0.15) is 12.1 Å². The maximum absolute atomic E-state index is 14.3. The van der Waals surface area contributed by atoms with Crippen molar-refractivity contribution in [2.24, 2.45) is 17.8 Å². The second kappa shape index (κ2) is 11.9. The average molecular weight is 695 g/mol. The van der Waals surface area contributed by atoms with Gasteiger partial charge in [0, 0.05) is 35.9 Å². The van der Waals surface area contributed by atoms with Crippen molar-refractivity contribution in [2.45, 2.75) is 68.9 Å². The highest BCUT2D eigenvalue weighted by atomic mass is 32.1. The summed E-state index contributed by atoms with van der Waals surface area (Å²) in [6.45, 7) is 4.07. The first-order chi connectivity index (χ1) is 22.2. The number of carbonyl (C=O) groups excluding carboxylic acids is 4. The minimum Gasteiger partial charge on any atom is -0.377 e. The van der Waals surface area contributed by atoms with Crippen LogP contribution in [0.25, 0.3) is 10.1 Å². The van der Waals surface area contributed by atoms with Gasteiger partial charge >= 0.3 is 13.3 Å². The number of nitrogens with one attached hydrogen (secondary N) is 1. The number of alkyl halides is 2. The first-order valence-electron chi connectivity index (χ1n) is 16.0. The minimum absolute atomic E-state index is 0.0174. The third-order valence-electron chi connectivity index (χ3n) is 10.5. The Morgan fingerprint density at radius 1 is 1.06 bits per heavy atom. The van der Waals surface area contributed by atoms with Crippen LogP contribution in [0.4, 0.5) is 8.78 Å². The molecule has 3 N–H and O–H groups in total. The highest BCUT2D eigenvalue weighted by Gasteiger charge is 2.53. The number of rotatable bonds is 6. The topological polar surface area (TPSA) is 157 Å². The summed E-state index contributed by atoms with van der Waals surface area (Å²) in [5, 5.41) is 3.07.